The van der Waals surface area contributed by atoms with E-state index in [9.17, 15) is 0 Å². The lowest BCUT2D eigenvalue weighted by atomic mass is 10.1. The first-order chi connectivity index (χ1) is 9.42. The number of hydrogen-bond acceptors (Lipinski definition) is 4. The smallest absolute Gasteiger partial charge is 0.0720 e. The maximum Gasteiger partial charge on any atom is 0.0720 e. The summed E-state index contributed by atoms with van der Waals surface area (Å²) in [4.78, 5) is 2.46. The molecular weight excluding hydrogens is 240 g/mol. The van der Waals surface area contributed by atoms with E-state index < -0.39 is 0 Å². The van der Waals surface area contributed by atoms with Crippen molar-refractivity contribution in [3.05, 3.63) is 35.4 Å². The minimum absolute atomic E-state index is 0.409. The monoisotopic (exact) mass is 262 g/mol. The van der Waals surface area contributed by atoms with E-state index in [0.717, 1.165) is 52.6 Å². The first kappa shape index (κ1) is 13.1. The van der Waals surface area contributed by atoms with E-state index in [1.54, 1.807) is 0 Å². The van der Waals surface area contributed by atoms with Crippen LogP contribution >= 0.6 is 0 Å². The molecule has 0 unspecified atom stereocenters. The molecule has 4 nitrogen and oxygen atoms in total. The topological polar surface area (TPSA) is 33.7 Å². The van der Waals surface area contributed by atoms with Gasteiger partial charge in [0, 0.05) is 32.2 Å². The summed E-state index contributed by atoms with van der Waals surface area (Å²) in [6.07, 6.45) is 0. The standard InChI is InChI=1S/C15H22N2O2/c1-2-4-14-11-19-12-15(16-9-13(14)3-1)10-17-5-7-18-8-6-17/h1-4,15-16H,5-12H2/t15-/m1/s1. The van der Waals surface area contributed by atoms with Gasteiger partial charge >= 0.3 is 0 Å². The lowest BCUT2D eigenvalue weighted by Gasteiger charge is -2.32. The molecule has 2 heterocycles. The van der Waals surface area contributed by atoms with Gasteiger partial charge in [-0.05, 0) is 11.1 Å². The predicted octanol–water partition coefficient (Wildman–Crippen LogP) is 1.01. The molecule has 0 amide bonds. The van der Waals surface area contributed by atoms with Gasteiger partial charge in [0.1, 0.15) is 0 Å². The molecule has 0 bridgehead atoms. The summed E-state index contributed by atoms with van der Waals surface area (Å²) in [5.74, 6) is 0. The average molecular weight is 262 g/mol. The third-order valence-corrected chi connectivity index (χ3v) is 3.86. The average Bonchev–Trinajstić information content (AvgIpc) is 2.44. The van der Waals surface area contributed by atoms with Crippen LogP contribution in [-0.4, -0.2) is 50.4 Å². The van der Waals surface area contributed by atoms with Crippen molar-refractivity contribution in [2.45, 2.75) is 19.2 Å². The summed E-state index contributed by atoms with van der Waals surface area (Å²) >= 11 is 0. The van der Waals surface area contributed by atoms with Crippen LogP contribution in [-0.2, 0) is 22.6 Å². The van der Waals surface area contributed by atoms with E-state index in [2.05, 4.69) is 34.5 Å². The molecule has 1 N–H and O–H groups in total. The molecule has 2 aliphatic rings. The number of nitrogens with one attached hydrogen (secondary N) is 1. The highest BCUT2D eigenvalue weighted by molar-refractivity contribution is 5.26. The Morgan fingerprint density at radius 3 is 2.74 bits per heavy atom. The molecule has 0 aliphatic carbocycles. The molecule has 0 saturated carbocycles. The highest BCUT2D eigenvalue weighted by Crippen LogP contribution is 2.13. The summed E-state index contributed by atoms with van der Waals surface area (Å²) in [6.45, 7) is 7.29. The van der Waals surface area contributed by atoms with Crippen LogP contribution in [0.15, 0.2) is 24.3 Å². The minimum atomic E-state index is 0.409. The van der Waals surface area contributed by atoms with Crippen LogP contribution in [0.4, 0.5) is 0 Å². The number of fused-ring (bicyclic) bond motifs is 1. The molecule has 1 aromatic carbocycles. The van der Waals surface area contributed by atoms with Crippen LogP contribution in [0.3, 0.4) is 0 Å². The van der Waals surface area contributed by atoms with Crippen molar-refractivity contribution in [2.24, 2.45) is 0 Å². The molecule has 0 aromatic heterocycles. The number of hydrogen-bond donors (Lipinski definition) is 1. The highest BCUT2D eigenvalue weighted by atomic mass is 16.5. The Hall–Kier alpha value is -0.940. The fourth-order valence-corrected chi connectivity index (χ4v) is 2.71. The van der Waals surface area contributed by atoms with Crippen LogP contribution in [0.2, 0.25) is 0 Å². The van der Waals surface area contributed by atoms with Crippen molar-refractivity contribution < 1.29 is 9.47 Å². The van der Waals surface area contributed by atoms with E-state index >= 15 is 0 Å². The first-order valence-electron chi connectivity index (χ1n) is 7.10. The van der Waals surface area contributed by atoms with Gasteiger partial charge in [-0.1, -0.05) is 24.3 Å². The molecule has 1 fully saturated rings. The van der Waals surface area contributed by atoms with Crippen molar-refractivity contribution in [1.82, 2.24) is 10.2 Å². The van der Waals surface area contributed by atoms with E-state index in [1.807, 2.05) is 0 Å². The maximum absolute atomic E-state index is 5.83. The van der Waals surface area contributed by atoms with Crippen LogP contribution in [0.5, 0.6) is 0 Å². The third-order valence-electron chi connectivity index (χ3n) is 3.86. The van der Waals surface area contributed by atoms with Crippen molar-refractivity contribution >= 4 is 0 Å². The van der Waals surface area contributed by atoms with Crippen molar-refractivity contribution in [2.75, 3.05) is 39.5 Å². The van der Waals surface area contributed by atoms with Gasteiger partial charge < -0.3 is 14.8 Å². The zero-order chi connectivity index (χ0) is 12.9. The molecule has 2 aliphatic heterocycles. The maximum atomic E-state index is 5.83. The third kappa shape index (κ3) is 3.54. The SMILES string of the molecule is c1ccc2c(c1)CN[C@H](CN1CCOCC1)COC2. The summed E-state index contributed by atoms with van der Waals surface area (Å²) in [6, 6.07) is 8.92. The molecule has 104 valence electrons. The van der Waals surface area contributed by atoms with Gasteiger partial charge in [0.15, 0.2) is 0 Å². The minimum Gasteiger partial charge on any atom is -0.379 e. The van der Waals surface area contributed by atoms with Gasteiger partial charge in [0.2, 0.25) is 0 Å². The Morgan fingerprint density at radius 2 is 1.89 bits per heavy atom. The fourth-order valence-electron chi connectivity index (χ4n) is 2.71. The molecule has 0 radical (unpaired) electrons. The predicted molar refractivity (Wildman–Crippen MR) is 74.0 cm³/mol. The quantitative estimate of drug-likeness (QED) is 0.862. The lowest BCUT2D eigenvalue weighted by Crippen LogP contribution is -2.47. The lowest BCUT2D eigenvalue weighted by molar-refractivity contribution is 0.0211. The fraction of sp³-hybridized carbons (Fsp3) is 0.600. The molecular formula is C15H22N2O2. The number of morpholine rings is 1. The van der Waals surface area contributed by atoms with Gasteiger partial charge in [-0.2, -0.15) is 0 Å². The van der Waals surface area contributed by atoms with Gasteiger partial charge in [0.05, 0.1) is 26.4 Å². The zero-order valence-corrected chi connectivity index (χ0v) is 11.3. The van der Waals surface area contributed by atoms with Crippen molar-refractivity contribution in [3.63, 3.8) is 0 Å². The Labute approximate surface area is 114 Å². The second kappa shape index (κ2) is 6.48. The van der Waals surface area contributed by atoms with Crippen LogP contribution in [0, 0.1) is 0 Å². The normalized spacial score (nSPS) is 25.4. The molecule has 1 atom stereocenters. The summed E-state index contributed by atoms with van der Waals surface area (Å²) in [7, 11) is 0. The van der Waals surface area contributed by atoms with Crippen LogP contribution in [0.25, 0.3) is 0 Å². The van der Waals surface area contributed by atoms with Crippen LogP contribution < -0.4 is 5.32 Å². The summed E-state index contributed by atoms with van der Waals surface area (Å²) in [5, 5.41) is 3.62. The number of ether oxygens (including phenoxy) is 2. The molecule has 1 saturated heterocycles. The van der Waals surface area contributed by atoms with Crippen molar-refractivity contribution in [3.8, 4) is 0 Å². The second-order valence-electron chi connectivity index (χ2n) is 5.27. The Balaban J connectivity index is 1.57. The van der Waals surface area contributed by atoms with E-state index in [1.165, 1.54) is 11.1 Å². The summed E-state index contributed by atoms with van der Waals surface area (Å²) in [5.41, 5.74) is 2.66. The van der Waals surface area contributed by atoms with Crippen molar-refractivity contribution in [1.29, 1.82) is 0 Å². The number of rotatable bonds is 2. The Bertz CT molecular complexity index is 405. The molecule has 0 spiro atoms. The van der Waals surface area contributed by atoms with Gasteiger partial charge in [-0.25, -0.2) is 0 Å². The Kier molecular flexibility index (Phi) is 4.45. The molecule has 1 aromatic rings. The Morgan fingerprint density at radius 1 is 1.11 bits per heavy atom. The van der Waals surface area contributed by atoms with E-state index in [0.29, 0.717) is 6.04 Å². The molecule has 4 heteroatoms. The number of benzene rings is 1. The summed E-state index contributed by atoms with van der Waals surface area (Å²) < 4.78 is 11.2. The first-order valence-corrected chi connectivity index (χ1v) is 7.10. The highest BCUT2D eigenvalue weighted by Gasteiger charge is 2.18. The van der Waals surface area contributed by atoms with Gasteiger partial charge in [-0.3, -0.25) is 4.90 Å². The number of nitrogens with zero attached hydrogens (tertiary/aromatic N) is 1. The van der Waals surface area contributed by atoms with Crippen LogP contribution in [0.1, 0.15) is 11.1 Å². The molecule has 19 heavy (non-hydrogen) atoms. The van der Waals surface area contributed by atoms with Gasteiger partial charge in [-0.15, -0.1) is 0 Å². The van der Waals surface area contributed by atoms with Gasteiger partial charge in [0.25, 0.3) is 0 Å². The largest absolute Gasteiger partial charge is 0.379 e. The zero-order valence-electron chi connectivity index (χ0n) is 11.3. The molecule has 3 rings (SSSR count). The van der Waals surface area contributed by atoms with E-state index in [4.69, 9.17) is 9.47 Å². The van der Waals surface area contributed by atoms with E-state index in [-0.39, 0.29) is 0 Å². The second-order valence-corrected chi connectivity index (χ2v) is 5.27.